The molecule has 0 aliphatic rings. The van der Waals surface area contributed by atoms with E-state index < -0.39 is 0 Å². The predicted molar refractivity (Wildman–Crippen MR) is 61.3 cm³/mol. The Kier molecular flexibility index (Phi) is 5.04. The molecular weight excluding hydrogens is 208 g/mol. The third-order valence-electron chi connectivity index (χ3n) is 1.91. The predicted octanol–water partition coefficient (Wildman–Crippen LogP) is 0.0981. The molecule has 1 amide bonds. The lowest BCUT2D eigenvalue weighted by Gasteiger charge is -2.05. The van der Waals surface area contributed by atoms with Crippen molar-refractivity contribution in [3.8, 4) is 0 Å². The van der Waals surface area contributed by atoms with Crippen LogP contribution in [0.3, 0.4) is 0 Å². The Labute approximate surface area is 93.5 Å². The molecule has 1 aromatic heterocycles. The van der Waals surface area contributed by atoms with E-state index >= 15 is 0 Å². The minimum atomic E-state index is -0.215. The summed E-state index contributed by atoms with van der Waals surface area (Å²) in [6.45, 7) is 3.16. The minimum absolute atomic E-state index is 0.000749. The zero-order valence-electron chi connectivity index (χ0n) is 9.25. The van der Waals surface area contributed by atoms with Crippen molar-refractivity contribution in [1.29, 1.82) is 0 Å². The molecule has 0 unspecified atom stereocenters. The number of anilines is 1. The lowest BCUT2D eigenvalue weighted by molar-refractivity contribution is -0.120. The summed E-state index contributed by atoms with van der Waals surface area (Å²) < 4.78 is 0. The van der Waals surface area contributed by atoms with Crippen LogP contribution in [0.15, 0.2) is 17.2 Å². The van der Waals surface area contributed by atoms with E-state index in [0.29, 0.717) is 25.3 Å². The van der Waals surface area contributed by atoms with E-state index in [1.165, 1.54) is 12.4 Å². The first kappa shape index (κ1) is 12.2. The number of amides is 1. The number of carbonyl (C=O) groups excluding carboxylic acids is 1. The van der Waals surface area contributed by atoms with Gasteiger partial charge in [-0.3, -0.25) is 9.59 Å². The van der Waals surface area contributed by atoms with E-state index in [2.05, 4.69) is 20.6 Å². The Morgan fingerprint density at radius 2 is 2.31 bits per heavy atom. The van der Waals surface area contributed by atoms with Crippen LogP contribution in [0, 0.1) is 0 Å². The average molecular weight is 224 g/mol. The topological polar surface area (TPSA) is 86.9 Å². The molecule has 1 rings (SSSR count). The number of nitrogens with one attached hydrogen (secondary N) is 3. The SMILES string of the molecule is CCCNC(=O)CCNc1cc(=O)[nH]cn1. The first-order valence-electron chi connectivity index (χ1n) is 5.27. The smallest absolute Gasteiger partial charge is 0.252 e. The molecule has 0 radical (unpaired) electrons. The van der Waals surface area contributed by atoms with Crippen LogP contribution >= 0.6 is 0 Å². The zero-order chi connectivity index (χ0) is 11.8. The highest BCUT2D eigenvalue weighted by molar-refractivity contribution is 5.76. The van der Waals surface area contributed by atoms with Crippen molar-refractivity contribution in [2.24, 2.45) is 0 Å². The first-order valence-corrected chi connectivity index (χ1v) is 5.27. The molecular formula is C10H16N4O2. The zero-order valence-corrected chi connectivity index (χ0v) is 9.25. The molecule has 3 N–H and O–H groups in total. The maximum atomic E-state index is 11.2. The van der Waals surface area contributed by atoms with Gasteiger partial charge in [0.1, 0.15) is 5.82 Å². The molecule has 0 aliphatic carbocycles. The van der Waals surface area contributed by atoms with E-state index in [1.54, 1.807) is 0 Å². The minimum Gasteiger partial charge on any atom is -0.369 e. The monoisotopic (exact) mass is 224 g/mol. The van der Waals surface area contributed by atoms with Gasteiger partial charge in [0.25, 0.3) is 5.56 Å². The second-order valence-corrected chi connectivity index (χ2v) is 3.32. The van der Waals surface area contributed by atoms with Crippen LogP contribution < -0.4 is 16.2 Å². The third kappa shape index (κ3) is 4.59. The molecule has 6 nitrogen and oxygen atoms in total. The van der Waals surface area contributed by atoms with Crippen LogP contribution in [0.2, 0.25) is 0 Å². The van der Waals surface area contributed by atoms with Crippen LogP contribution in [0.4, 0.5) is 5.82 Å². The second kappa shape index (κ2) is 6.60. The Hall–Kier alpha value is -1.85. The van der Waals surface area contributed by atoms with E-state index in [9.17, 15) is 9.59 Å². The largest absolute Gasteiger partial charge is 0.369 e. The lowest BCUT2D eigenvalue weighted by Crippen LogP contribution is -2.26. The van der Waals surface area contributed by atoms with Crippen LogP contribution in [-0.2, 0) is 4.79 Å². The van der Waals surface area contributed by atoms with Gasteiger partial charge in [0.2, 0.25) is 5.91 Å². The van der Waals surface area contributed by atoms with Gasteiger partial charge in [0, 0.05) is 25.6 Å². The fourth-order valence-corrected chi connectivity index (χ4v) is 1.12. The van der Waals surface area contributed by atoms with Crippen molar-refractivity contribution in [3.05, 3.63) is 22.7 Å². The van der Waals surface area contributed by atoms with Crippen molar-refractivity contribution in [1.82, 2.24) is 15.3 Å². The van der Waals surface area contributed by atoms with E-state index in [4.69, 9.17) is 0 Å². The Balaban J connectivity index is 2.25. The van der Waals surface area contributed by atoms with Crippen molar-refractivity contribution in [2.75, 3.05) is 18.4 Å². The van der Waals surface area contributed by atoms with Crippen molar-refractivity contribution in [3.63, 3.8) is 0 Å². The van der Waals surface area contributed by atoms with Crippen LogP contribution in [0.5, 0.6) is 0 Å². The van der Waals surface area contributed by atoms with Gasteiger partial charge in [-0.05, 0) is 6.42 Å². The maximum Gasteiger partial charge on any atom is 0.252 e. The summed E-state index contributed by atoms with van der Waals surface area (Å²) >= 11 is 0. The van der Waals surface area contributed by atoms with Crippen LogP contribution in [0.25, 0.3) is 0 Å². The highest BCUT2D eigenvalue weighted by Crippen LogP contribution is 1.94. The number of rotatable bonds is 6. The Morgan fingerprint density at radius 1 is 1.50 bits per heavy atom. The van der Waals surface area contributed by atoms with Gasteiger partial charge >= 0.3 is 0 Å². The van der Waals surface area contributed by atoms with Gasteiger partial charge in [-0.1, -0.05) is 6.92 Å². The molecule has 0 aromatic carbocycles. The fourth-order valence-electron chi connectivity index (χ4n) is 1.12. The molecule has 0 saturated heterocycles. The summed E-state index contributed by atoms with van der Waals surface area (Å²) in [5.41, 5.74) is -0.215. The molecule has 6 heteroatoms. The molecule has 0 spiro atoms. The van der Waals surface area contributed by atoms with Crippen molar-refractivity contribution < 1.29 is 4.79 Å². The number of aromatic nitrogens is 2. The summed E-state index contributed by atoms with van der Waals surface area (Å²) in [6, 6.07) is 1.35. The van der Waals surface area contributed by atoms with Crippen LogP contribution in [-0.4, -0.2) is 29.0 Å². The fraction of sp³-hybridized carbons (Fsp3) is 0.500. The highest BCUT2D eigenvalue weighted by Gasteiger charge is 2.00. The molecule has 1 heterocycles. The standard InChI is InChI=1S/C10H16N4O2/c1-2-4-12-9(15)3-5-11-8-6-10(16)14-7-13-8/h6-7H,2-5H2,1H3,(H,12,15)(H2,11,13,14,16). The lowest BCUT2D eigenvalue weighted by atomic mass is 10.3. The van der Waals surface area contributed by atoms with Gasteiger partial charge in [-0.15, -0.1) is 0 Å². The van der Waals surface area contributed by atoms with E-state index in [1.807, 2.05) is 6.92 Å². The molecule has 0 aliphatic heterocycles. The molecule has 16 heavy (non-hydrogen) atoms. The van der Waals surface area contributed by atoms with Crippen molar-refractivity contribution >= 4 is 11.7 Å². The van der Waals surface area contributed by atoms with Crippen LogP contribution in [0.1, 0.15) is 19.8 Å². The van der Waals surface area contributed by atoms with E-state index in [0.717, 1.165) is 6.42 Å². The molecule has 88 valence electrons. The molecule has 0 fully saturated rings. The normalized spacial score (nSPS) is 9.81. The summed E-state index contributed by atoms with van der Waals surface area (Å²) in [5, 5.41) is 5.66. The average Bonchev–Trinajstić information content (AvgIpc) is 2.26. The molecule has 0 bridgehead atoms. The maximum absolute atomic E-state index is 11.2. The van der Waals surface area contributed by atoms with Crippen molar-refractivity contribution in [2.45, 2.75) is 19.8 Å². The number of hydrogen-bond acceptors (Lipinski definition) is 4. The first-order chi connectivity index (χ1) is 7.72. The van der Waals surface area contributed by atoms with Gasteiger partial charge in [-0.2, -0.15) is 0 Å². The number of H-pyrrole nitrogens is 1. The molecule has 0 saturated carbocycles. The summed E-state index contributed by atoms with van der Waals surface area (Å²) in [7, 11) is 0. The number of carbonyl (C=O) groups is 1. The molecule has 0 atom stereocenters. The third-order valence-corrected chi connectivity index (χ3v) is 1.91. The van der Waals surface area contributed by atoms with Gasteiger partial charge in [-0.25, -0.2) is 4.98 Å². The van der Waals surface area contributed by atoms with Gasteiger partial charge < -0.3 is 15.6 Å². The molecule has 1 aromatic rings. The number of aromatic amines is 1. The summed E-state index contributed by atoms with van der Waals surface area (Å²) in [6.07, 6.45) is 2.62. The number of nitrogens with zero attached hydrogens (tertiary/aromatic N) is 1. The quantitative estimate of drug-likeness (QED) is 0.639. The van der Waals surface area contributed by atoms with E-state index in [-0.39, 0.29) is 11.5 Å². The van der Waals surface area contributed by atoms with Gasteiger partial charge in [0.15, 0.2) is 0 Å². The number of hydrogen-bond donors (Lipinski definition) is 3. The summed E-state index contributed by atoms with van der Waals surface area (Å²) in [5.74, 6) is 0.478. The Morgan fingerprint density at radius 3 is 3.00 bits per heavy atom. The highest BCUT2D eigenvalue weighted by atomic mass is 16.1. The summed E-state index contributed by atoms with van der Waals surface area (Å²) in [4.78, 5) is 28.4. The van der Waals surface area contributed by atoms with Gasteiger partial charge in [0.05, 0.1) is 6.33 Å². The second-order valence-electron chi connectivity index (χ2n) is 3.32. The Bertz CT molecular complexity index is 388.